The summed E-state index contributed by atoms with van der Waals surface area (Å²) in [6.07, 6.45) is -0.143. The molecule has 0 heterocycles. The Kier molecular flexibility index (Phi) is 8.31. The fourth-order valence-corrected chi connectivity index (χ4v) is 4.14. The third-order valence-corrected chi connectivity index (χ3v) is 6.47. The van der Waals surface area contributed by atoms with Gasteiger partial charge in [0.1, 0.15) is 11.3 Å². The van der Waals surface area contributed by atoms with Crippen molar-refractivity contribution in [3.8, 4) is 5.75 Å². The second kappa shape index (κ2) is 10.6. The standard InChI is InChI=1S/C20H20N2O5S.C2HF3O2/c1-27-19(24)17-10-9-16(12-18(17)23)22-28(25,26)20(21)11-5-8-15(13-20)14-6-3-2-4-7-14;3-2(4,5)1(6)7/h2-12,22-23H,13,21H2,1H3;(H,6,7). The number of carbonyl (C=O) groups is 2. The molecule has 5 N–H and O–H groups in total. The third kappa shape index (κ3) is 6.83. The summed E-state index contributed by atoms with van der Waals surface area (Å²) in [5.41, 5.74) is 7.93. The van der Waals surface area contributed by atoms with Gasteiger partial charge in [0.05, 0.1) is 12.8 Å². The lowest BCUT2D eigenvalue weighted by molar-refractivity contribution is -0.192. The molecule has 1 unspecified atom stereocenters. The van der Waals surface area contributed by atoms with Crippen LogP contribution in [-0.2, 0) is 19.6 Å². The van der Waals surface area contributed by atoms with Crippen molar-refractivity contribution in [2.24, 2.45) is 5.73 Å². The van der Waals surface area contributed by atoms with Gasteiger partial charge in [-0.1, -0.05) is 42.5 Å². The van der Waals surface area contributed by atoms with Crippen molar-refractivity contribution in [2.45, 2.75) is 17.5 Å². The Hall–Kier alpha value is -3.84. The van der Waals surface area contributed by atoms with E-state index in [1.807, 2.05) is 36.4 Å². The Labute approximate surface area is 198 Å². The van der Waals surface area contributed by atoms with Crippen molar-refractivity contribution in [2.75, 3.05) is 11.8 Å². The second-order valence-electron chi connectivity index (χ2n) is 7.18. The predicted molar refractivity (Wildman–Crippen MR) is 121 cm³/mol. The molecule has 0 aromatic heterocycles. The van der Waals surface area contributed by atoms with Gasteiger partial charge in [-0.2, -0.15) is 13.2 Å². The molecule has 3 rings (SSSR count). The highest BCUT2D eigenvalue weighted by Gasteiger charge is 2.40. The van der Waals surface area contributed by atoms with Crippen LogP contribution in [0, 0.1) is 0 Å². The Bertz CT molecular complexity index is 1260. The topological polar surface area (TPSA) is 156 Å². The highest BCUT2D eigenvalue weighted by Crippen LogP contribution is 2.33. The summed E-state index contributed by atoms with van der Waals surface area (Å²) in [6.45, 7) is 0. The summed E-state index contributed by atoms with van der Waals surface area (Å²) in [4.78, 5) is 18.8. The van der Waals surface area contributed by atoms with Crippen LogP contribution in [0.1, 0.15) is 22.3 Å². The molecule has 0 spiro atoms. The molecule has 35 heavy (non-hydrogen) atoms. The van der Waals surface area contributed by atoms with Crippen LogP contribution in [0.5, 0.6) is 5.75 Å². The Morgan fingerprint density at radius 3 is 2.26 bits per heavy atom. The minimum atomic E-state index is -5.08. The van der Waals surface area contributed by atoms with Gasteiger partial charge in [-0.05, 0) is 29.3 Å². The maximum Gasteiger partial charge on any atom is 0.490 e. The highest BCUT2D eigenvalue weighted by molar-refractivity contribution is 7.94. The molecule has 1 atom stereocenters. The van der Waals surface area contributed by atoms with Crippen LogP contribution < -0.4 is 10.5 Å². The first kappa shape index (κ1) is 27.4. The van der Waals surface area contributed by atoms with Gasteiger partial charge >= 0.3 is 18.1 Å². The van der Waals surface area contributed by atoms with E-state index in [4.69, 9.17) is 15.6 Å². The zero-order valence-corrected chi connectivity index (χ0v) is 18.9. The van der Waals surface area contributed by atoms with Crippen molar-refractivity contribution < 1.29 is 46.1 Å². The summed E-state index contributed by atoms with van der Waals surface area (Å²) >= 11 is 0. The van der Waals surface area contributed by atoms with Crippen LogP contribution in [0.15, 0.2) is 66.8 Å². The number of halogens is 3. The Morgan fingerprint density at radius 2 is 1.74 bits per heavy atom. The summed E-state index contributed by atoms with van der Waals surface area (Å²) in [7, 11) is -2.88. The van der Waals surface area contributed by atoms with Crippen molar-refractivity contribution in [1.29, 1.82) is 0 Å². The molecule has 1 aliphatic carbocycles. The third-order valence-electron chi connectivity index (χ3n) is 4.69. The lowest BCUT2D eigenvalue weighted by atomic mass is 9.94. The minimum absolute atomic E-state index is 0.0697. The monoisotopic (exact) mass is 514 g/mol. The molecular formula is C22H21F3N2O7S. The average Bonchev–Trinajstić information content (AvgIpc) is 2.79. The fourth-order valence-electron chi connectivity index (χ4n) is 2.91. The number of phenols is 1. The molecule has 2 aromatic carbocycles. The number of benzene rings is 2. The maximum atomic E-state index is 13.0. The largest absolute Gasteiger partial charge is 0.507 e. The van der Waals surface area contributed by atoms with Crippen molar-refractivity contribution in [1.82, 2.24) is 0 Å². The molecule has 1 aliphatic rings. The quantitative estimate of drug-likeness (QED) is 0.443. The number of aromatic hydroxyl groups is 1. The van der Waals surface area contributed by atoms with E-state index >= 15 is 0 Å². The first-order valence-corrected chi connectivity index (χ1v) is 11.1. The zero-order chi connectivity index (χ0) is 26.4. The molecule has 0 amide bonds. The number of aliphatic carboxylic acids is 1. The number of nitrogens with two attached hydrogens (primary N) is 1. The summed E-state index contributed by atoms with van der Waals surface area (Å²) in [6, 6.07) is 13.1. The molecule has 0 aliphatic heterocycles. The van der Waals surface area contributed by atoms with Crippen LogP contribution in [0.3, 0.4) is 0 Å². The number of ether oxygens (including phenoxy) is 1. The number of allylic oxidation sites excluding steroid dienone is 2. The van der Waals surface area contributed by atoms with Gasteiger partial charge in [0.15, 0.2) is 4.87 Å². The van der Waals surface area contributed by atoms with Crippen LogP contribution >= 0.6 is 0 Å². The number of rotatable bonds is 5. The second-order valence-corrected chi connectivity index (χ2v) is 9.15. The van der Waals surface area contributed by atoms with Gasteiger partial charge in [0.25, 0.3) is 10.0 Å². The highest BCUT2D eigenvalue weighted by atomic mass is 32.2. The van der Waals surface area contributed by atoms with E-state index < -0.39 is 38.8 Å². The number of sulfonamides is 1. The van der Waals surface area contributed by atoms with Gasteiger partial charge < -0.3 is 20.7 Å². The molecule has 0 bridgehead atoms. The predicted octanol–water partition coefficient (Wildman–Crippen LogP) is 3.25. The summed E-state index contributed by atoms with van der Waals surface area (Å²) in [5, 5.41) is 17.1. The number of alkyl halides is 3. The first-order chi connectivity index (χ1) is 16.2. The molecule has 188 valence electrons. The number of hydrogen-bond donors (Lipinski definition) is 4. The van der Waals surface area contributed by atoms with Crippen LogP contribution in [-0.4, -0.2) is 48.7 Å². The SMILES string of the molecule is COC(=O)c1ccc(NS(=O)(=O)C2(N)C=CC=C(c3ccccc3)C2)cc1O.O=C(O)C(F)(F)F. The molecule has 0 radical (unpaired) electrons. The number of carboxylic acid groups (broad SMARTS) is 1. The molecule has 13 heteroatoms. The molecule has 2 aromatic rings. The average molecular weight is 514 g/mol. The van der Waals surface area contributed by atoms with E-state index in [-0.39, 0.29) is 17.7 Å². The lowest BCUT2D eigenvalue weighted by Crippen LogP contribution is -2.49. The Balaban J connectivity index is 0.000000540. The van der Waals surface area contributed by atoms with Crippen LogP contribution in [0.25, 0.3) is 5.57 Å². The lowest BCUT2D eigenvalue weighted by Gasteiger charge is -2.30. The normalized spacial score (nSPS) is 17.5. The smallest absolute Gasteiger partial charge is 0.490 e. The van der Waals surface area contributed by atoms with Gasteiger partial charge in [0, 0.05) is 12.5 Å². The first-order valence-electron chi connectivity index (χ1n) is 9.66. The molecule has 9 nitrogen and oxygen atoms in total. The van der Waals surface area contributed by atoms with Crippen molar-refractivity contribution in [3.05, 3.63) is 77.9 Å². The van der Waals surface area contributed by atoms with E-state index in [0.29, 0.717) is 0 Å². The molecule has 0 saturated heterocycles. The van der Waals surface area contributed by atoms with Gasteiger partial charge in [-0.15, -0.1) is 0 Å². The van der Waals surface area contributed by atoms with Crippen LogP contribution in [0.2, 0.25) is 0 Å². The number of carbonyl (C=O) groups excluding carboxylic acids is 1. The Morgan fingerprint density at radius 1 is 1.14 bits per heavy atom. The van der Waals surface area contributed by atoms with E-state index in [9.17, 15) is 31.5 Å². The number of anilines is 1. The van der Waals surface area contributed by atoms with Crippen LogP contribution in [0.4, 0.5) is 18.9 Å². The number of phenolic OH excluding ortho intramolecular Hbond substituents is 1. The molecule has 0 saturated carbocycles. The van der Waals surface area contributed by atoms with E-state index in [2.05, 4.69) is 9.46 Å². The number of carboxylic acids is 1. The van der Waals surface area contributed by atoms with E-state index in [0.717, 1.165) is 17.2 Å². The van der Waals surface area contributed by atoms with Gasteiger partial charge in [-0.25, -0.2) is 18.0 Å². The number of methoxy groups -OCH3 is 1. The number of esters is 1. The van der Waals surface area contributed by atoms with Crippen molar-refractivity contribution in [3.63, 3.8) is 0 Å². The minimum Gasteiger partial charge on any atom is -0.507 e. The molecule has 0 fully saturated rings. The van der Waals surface area contributed by atoms with Crippen molar-refractivity contribution >= 4 is 33.2 Å². The maximum absolute atomic E-state index is 13.0. The summed E-state index contributed by atoms with van der Waals surface area (Å²) < 4.78 is 64.6. The van der Waals surface area contributed by atoms with E-state index in [1.54, 1.807) is 6.08 Å². The van der Waals surface area contributed by atoms with Gasteiger partial charge in [0.2, 0.25) is 0 Å². The summed E-state index contributed by atoms with van der Waals surface area (Å²) in [5.74, 6) is -3.88. The number of hydrogen-bond acceptors (Lipinski definition) is 7. The van der Waals surface area contributed by atoms with Gasteiger partial charge in [-0.3, -0.25) is 4.72 Å². The zero-order valence-electron chi connectivity index (χ0n) is 18.1. The van der Waals surface area contributed by atoms with E-state index in [1.165, 1.54) is 25.3 Å². The molecular weight excluding hydrogens is 493 g/mol. The fraction of sp³-hybridized carbons (Fsp3) is 0.182. The number of nitrogens with one attached hydrogen (secondary N) is 1.